The Morgan fingerprint density at radius 1 is 0.690 bits per heavy atom. The standard InChI is InChI=1S/C14H28O.C11H23NO2/c1-4-6-7-8-9-10-11-12-14(5-2)13(3)15;1-2-3-4-5-6-7-8-9-10-12-11(13)14/h14H,4-12H2,1-3H3;12H,2-10H2,1H3,(H,13,14). The number of Topliss-reactive ketones (excluding diaryl/α,β-unsaturated/α-hetero) is 1. The van der Waals surface area contributed by atoms with Crippen LogP contribution in [0.25, 0.3) is 0 Å². The van der Waals surface area contributed by atoms with Gasteiger partial charge in [-0.1, -0.05) is 111 Å². The van der Waals surface area contributed by atoms with Gasteiger partial charge in [0, 0.05) is 12.5 Å². The Labute approximate surface area is 181 Å². The van der Waals surface area contributed by atoms with Crippen molar-refractivity contribution in [2.24, 2.45) is 5.92 Å². The summed E-state index contributed by atoms with van der Waals surface area (Å²) in [5.41, 5.74) is 0. The summed E-state index contributed by atoms with van der Waals surface area (Å²) in [7, 11) is 0. The van der Waals surface area contributed by atoms with Crippen molar-refractivity contribution in [1.82, 2.24) is 5.32 Å². The van der Waals surface area contributed by atoms with Crippen LogP contribution in [0.1, 0.15) is 137 Å². The Bertz CT molecular complexity index is 358. The first-order chi connectivity index (χ1) is 14.0. The van der Waals surface area contributed by atoms with E-state index in [1.54, 1.807) is 6.92 Å². The molecule has 4 heteroatoms. The number of unbranched alkanes of at least 4 members (excludes halogenated alkanes) is 13. The minimum atomic E-state index is -0.909. The van der Waals surface area contributed by atoms with E-state index < -0.39 is 6.09 Å². The molecule has 1 unspecified atom stereocenters. The molecule has 0 aromatic carbocycles. The van der Waals surface area contributed by atoms with E-state index in [1.165, 1.54) is 83.5 Å². The molecule has 4 nitrogen and oxygen atoms in total. The monoisotopic (exact) mass is 413 g/mol. The zero-order valence-electron chi connectivity index (χ0n) is 20.1. The highest BCUT2D eigenvalue weighted by Crippen LogP contribution is 2.16. The fourth-order valence-electron chi connectivity index (χ4n) is 3.50. The number of rotatable bonds is 19. The van der Waals surface area contributed by atoms with Crippen LogP contribution in [0.5, 0.6) is 0 Å². The Kier molecular flexibility index (Phi) is 26.0. The van der Waals surface area contributed by atoms with Crippen LogP contribution in [0.4, 0.5) is 4.79 Å². The number of hydrogen-bond acceptors (Lipinski definition) is 2. The van der Waals surface area contributed by atoms with Crippen LogP contribution in [0, 0.1) is 5.92 Å². The van der Waals surface area contributed by atoms with Crippen LogP contribution >= 0.6 is 0 Å². The first-order valence-corrected chi connectivity index (χ1v) is 12.5. The zero-order chi connectivity index (χ0) is 22.2. The Balaban J connectivity index is 0. The molecular formula is C25H51NO3. The molecule has 0 saturated heterocycles. The SMILES string of the molecule is CCCCCCCCCC(CC)C(C)=O.CCCCCCCCCCNC(=O)O. The number of ketones is 1. The van der Waals surface area contributed by atoms with E-state index in [9.17, 15) is 9.59 Å². The van der Waals surface area contributed by atoms with E-state index in [-0.39, 0.29) is 0 Å². The fraction of sp³-hybridized carbons (Fsp3) is 0.920. The van der Waals surface area contributed by atoms with E-state index in [0.717, 1.165) is 25.7 Å². The van der Waals surface area contributed by atoms with Crippen LogP contribution in [0.3, 0.4) is 0 Å². The average molecular weight is 414 g/mol. The van der Waals surface area contributed by atoms with Crippen molar-refractivity contribution in [2.45, 2.75) is 137 Å². The van der Waals surface area contributed by atoms with Crippen molar-refractivity contribution in [2.75, 3.05) is 6.54 Å². The number of amides is 1. The van der Waals surface area contributed by atoms with Gasteiger partial charge in [-0.15, -0.1) is 0 Å². The second-order valence-corrected chi connectivity index (χ2v) is 8.33. The molecule has 0 heterocycles. The maximum atomic E-state index is 11.2. The highest BCUT2D eigenvalue weighted by atomic mass is 16.4. The molecule has 0 aromatic heterocycles. The summed E-state index contributed by atoms with van der Waals surface area (Å²) in [5, 5.41) is 10.7. The molecule has 0 aromatic rings. The minimum absolute atomic E-state index is 0.334. The van der Waals surface area contributed by atoms with Crippen molar-refractivity contribution in [1.29, 1.82) is 0 Å². The molecule has 0 aliphatic carbocycles. The predicted molar refractivity (Wildman–Crippen MR) is 126 cm³/mol. The fourth-order valence-corrected chi connectivity index (χ4v) is 3.50. The molecule has 174 valence electrons. The maximum Gasteiger partial charge on any atom is 0.404 e. The molecule has 2 N–H and O–H groups in total. The van der Waals surface area contributed by atoms with Crippen LogP contribution in [0.15, 0.2) is 0 Å². The topological polar surface area (TPSA) is 66.4 Å². The van der Waals surface area contributed by atoms with Gasteiger partial charge in [0.1, 0.15) is 5.78 Å². The van der Waals surface area contributed by atoms with Gasteiger partial charge in [-0.25, -0.2) is 4.79 Å². The lowest BCUT2D eigenvalue weighted by atomic mass is 9.94. The minimum Gasteiger partial charge on any atom is -0.465 e. The highest BCUT2D eigenvalue weighted by molar-refractivity contribution is 5.78. The van der Waals surface area contributed by atoms with Gasteiger partial charge < -0.3 is 10.4 Å². The highest BCUT2D eigenvalue weighted by Gasteiger charge is 2.10. The first kappa shape index (κ1) is 30.1. The van der Waals surface area contributed by atoms with Gasteiger partial charge in [0.2, 0.25) is 0 Å². The second-order valence-electron chi connectivity index (χ2n) is 8.33. The summed E-state index contributed by atoms with van der Waals surface area (Å²) < 4.78 is 0. The third-order valence-corrected chi connectivity index (χ3v) is 5.53. The van der Waals surface area contributed by atoms with Crippen LogP contribution in [-0.4, -0.2) is 23.5 Å². The third kappa shape index (κ3) is 26.9. The number of nitrogens with one attached hydrogen (secondary N) is 1. The molecule has 1 atom stereocenters. The second kappa shape index (κ2) is 25.0. The Morgan fingerprint density at radius 3 is 1.48 bits per heavy atom. The van der Waals surface area contributed by atoms with Crippen molar-refractivity contribution in [3.05, 3.63) is 0 Å². The quantitative estimate of drug-likeness (QED) is 0.210. The van der Waals surface area contributed by atoms with Crippen LogP contribution < -0.4 is 5.32 Å². The zero-order valence-corrected chi connectivity index (χ0v) is 20.1. The molecule has 0 aliphatic rings. The van der Waals surface area contributed by atoms with Gasteiger partial charge in [0.15, 0.2) is 0 Å². The van der Waals surface area contributed by atoms with Gasteiger partial charge in [-0.3, -0.25) is 4.79 Å². The maximum absolute atomic E-state index is 11.2. The molecular weight excluding hydrogens is 362 g/mol. The smallest absolute Gasteiger partial charge is 0.404 e. The Morgan fingerprint density at radius 2 is 1.10 bits per heavy atom. The lowest BCUT2D eigenvalue weighted by Crippen LogP contribution is -2.21. The average Bonchev–Trinajstić information content (AvgIpc) is 2.69. The number of carboxylic acid groups (broad SMARTS) is 1. The predicted octanol–water partition coefficient (Wildman–Crippen LogP) is 8.14. The van der Waals surface area contributed by atoms with Crippen molar-refractivity contribution in [3.8, 4) is 0 Å². The number of hydrogen-bond donors (Lipinski definition) is 2. The van der Waals surface area contributed by atoms with Crippen molar-refractivity contribution < 1.29 is 14.7 Å². The van der Waals surface area contributed by atoms with Gasteiger partial charge in [0.05, 0.1) is 0 Å². The number of carbonyl (C=O) groups excluding carboxylic acids is 1. The van der Waals surface area contributed by atoms with Gasteiger partial charge in [0.25, 0.3) is 0 Å². The summed E-state index contributed by atoms with van der Waals surface area (Å²) >= 11 is 0. The molecule has 0 aliphatic heterocycles. The lowest BCUT2D eigenvalue weighted by molar-refractivity contribution is -0.121. The lowest BCUT2D eigenvalue weighted by Gasteiger charge is -2.10. The van der Waals surface area contributed by atoms with Crippen LogP contribution in [0.2, 0.25) is 0 Å². The molecule has 0 fully saturated rings. The van der Waals surface area contributed by atoms with E-state index in [2.05, 4.69) is 26.1 Å². The molecule has 29 heavy (non-hydrogen) atoms. The van der Waals surface area contributed by atoms with E-state index >= 15 is 0 Å². The van der Waals surface area contributed by atoms with Crippen LogP contribution in [-0.2, 0) is 4.79 Å². The molecule has 1 amide bonds. The largest absolute Gasteiger partial charge is 0.465 e. The molecule has 0 spiro atoms. The molecule has 0 saturated carbocycles. The van der Waals surface area contributed by atoms with Gasteiger partial charge in [-0.05, 0) is 26.2 Å². The van der Waals surface area contributed by atoms with Gasteiger partial charge >= 0.3 is 6.09 Å². The van der Waals surface area contributed by atoms with E-state index in [4.69, 9.17) is 5.11 Å². The van der Waals surface area contributed by atoms with E-state index in [0.29, 0.717) is 18.2 Å². The van der Waals surface area contributed by atoms with E-state index in [1.807, 2.05) is 0 Å². The normalized spacial score (nSPS) is 11.4. The summed E-state index contributed by atoms with van der Waals surface area (Å²) in [6.45, 7) is 8.92. The van der Waals surface area contributed by atoms with Gasteiger partial charge in [-0.2, -0.15) is 0 Å². The van der Waals surface area contributed by atoms with Crippen molar-refractivity contribution >= 4 is 11.9 Å². The third-order valence-electron chi connectivity index (χ3n) is 5.53. The molecule has 0 bridgehead atoms. The first-order valence-electron chi connectivity index (χ1n) is 12.5. The molecule has 0 rings (SSSR count). The summed E-state index contributed by atoms with van der Waals surface area (Å²) in [6, 6.07) is 0. The summed E-state index contributed by atoms with van der Waals surface area (Å²) in [4.78, 5) is 21.3. The molecule has 0 radical (unpaired) electrons. The Hall–Kier alpha value is -1.06. The van der Waals surface area contributed by atoms with Crippen molar-refractivity contribution in [3.63, 3.8) is 0 Å². The number of carbonyl (C=O) groups is 2. The summed E-state index contributed by atoms with van der Waals surface area (Å²) in [6.07, 6.45) is 20.6. The summed E-state index contributed by atoms with van der Waals surface area (Å²) in [5.74, 6) is 0.712.